The first-order valence-electron chi connectivity index (χ1n) is 5.64. The minimum Gasteiger partial charge on any atom is -0.380 e. The summed E-state index contributed by atoms with van der Waals surface area (Å²) in [6.45, 7) is 8.84. The highest BCUT2D eigenvalue weighted by Crippen LogP contribution is 2.22. The molecular formula is C12H20ClN3O. The monoisotopic (exact) mass is 257 g/mol. The Hall–Kier alpha value is -0.870. The fourth-order valence-electron chi connectivity index (χ4n) is 1.18. The number of hydrogen-bond donors (Lipinski definition) is 1. The lowest BCUT2D eigenvalue weighted by molar-refractivity contribution is 0.128. The molecule has 0 aromatic carbocycles. The van der Waals surface area contributed by atoms with Gasteiger partial charge in [-0.1, -0.05) is 32.4 Å². The lowest BCUT2D eigenvalue weighted by atomic mass is 9.96. The summed E-state index contributed by atoms with van der Waals surface area (Å²) in [5, 5.41) is 3.64. The van der Waals surface area contributed by atoms with Gasteiger partial charge in [0.1, 0.15) is 16.8 Å². The molecule has 1 unspecified atom stereocenters. The first-order valence-corrected chi connectivity index (χ1v) is 6.02. The van der Waals surface area contributed by atoms with Crippen LogP contribution in [-0.4, -0.2) is 29.7 Å². The lowest BCUT2D eigenvalue weighted by Crippen LogP contribution is -2.21. The van der Waals surface area contributed by atoms with Crippen LogP contribution in [0.25, 0.3) is 0 Å². The second-order valence-electron chi connectivity index (χ2n) is 5.08. The van der Waals surface area contributed by atoms with E-state index in [2.05, 4.69) is 36.1 Å². The number of methoxy groups -OCH3 is 1. The van der Waals surface area contributed by atoms with Crippen LogP contribution in [0.1, 0.15) is 33.5 Å². The minimum atomic E-state index is -0.117. The van der Waals surface area contributed by atoms with E-state index in [1.165, 1.54) is 0 Å². The van der Waals surface area contributed by atoms with Crippen molar-refractivity contribution in [1.82, 2.24) is 9.97 Å². The Labute approximate surface area is 108 Å². The molecule has 1 rings (SSSR count). The number of rotatable bonds is 4. The van der Waals surface area contributed by atoms with Crippen molar-refractivity contribution in [2.24, 2.45) is 0 Å². The number of ether oxygens (including phenoxy) is 1. The predicted octanol–water partition coefficient (Wildman–Crippen LogP) is 2.87. The summed E-state index contributed by atoms with van der Waals surface area (Å²) >= 11 is 5.98. The molecule has 0 saturated heterocycles. The molecule has 96 valence electrons. The highest BCUT2D eigenvalue weighted by atomic mass is 35.5. The van der Waals surface area contributed by atoms with Gasteiger partial charge in [0.05, 0.1) is 6.10 Å². The van der Waals surface area contributed by atoms with Gasteiger partial charge in [0.25, 0.3) is 0 Å². The van der Waals surface area contributed by atoms with Crippen LogP contribution < -0.4 is 5.32 Å². The number of nitrogens with zero attached hydrogens (tertiary/aromatic N) is 2. The second-order valence-corrected chi connectivity index (χ2v) is 5.46. The third kappa shape index (κ3) is 4.48. The summed E-state index contributed by atoms with van der Waals surface area (Å²) in [6.07, 6.45) is 0.127. The Balaban J connectivity index is 2.83. The van der Waals surface area contributed by atoms with E-state index in [0.717, 1.165) is 11.6 Å². The Morgan fingerprint density at radius 2 is 2.06 bits per heavy atom. The Morgan fingerprint density at radius 3 is 2.59 bits per heavy atom. The number of anilines is 1. The predicted molar refractivity (Wildman–Crippen MR) is 70.7 cm³/mol. The van der Waals surface area contributed by atoms with Crippen molar-refractivity contribution in [3.63, 3.8) is 0 Å². The van der Waals surface area contributed by atoms with Crippen molar-refractivity contribution < 1.29 is 4.74 Å². The molecule has 0 saturated carbocycles. The van der Waals surface area contributed by atoms with Crippen LogP contribution in [0.2, 0.25) is 5.15 Å². The maximum atomic E-state index is 5.98. The molecule has 0 radical (unpaired) electrons. The quantitative estimate of drug-likeness (QED) is 0.843. The van der Waals surface area contributed by atoms with Gasteiger partial charge in [0.15, 0.2) is 0 Å². The van der Waals surface area contributed by atoms with Gasteiger partial charge >= 0.3 is 0 Å². The number of aromatic nitrogens is 2. The van der Waals surface area contributed by atoms with Crippen molar-refractivity contribution >= 4 is 17.4 Å². The van der Waals surface area contributed by atoms with Crippen molar-refractivity contribution in [2.75, 3.05) is 19.0 Å². The first-order chi connectivity index (χ1) is 7.82. The highest BCUT2D eigenvalue weighted by molar-refractivity contribution is 6.29. The lowest BCUT2D eigenvalue weighted by Gasteiger charge is -2.18. The standard InChI is InChI=1S/C12H20ClN3O/c1-8(17-5)7-14-10-6-9(13)15-11(16-10)12(2,3)4/h6,8H,7H2,1-5H3,(H,14,15,16). The molecule has 0 aliphatic carbocycles. The molecule has 4 nitrogen and oxygen atoms in total. The van der Waals surface area contributed by atoms with Crippen molar-refractivity contribution in [2.45, 2.75) is 39.2 Å². The van der Waals surface area contributed by atoms with E-state index in [-0.39, 0.29) is 11.5 Å². The Morgan fingerprint density at radius 1 is 1.41 bits per heavy atom. The first kappa shape index (κ1) is 14.2. The topological polar surface area (TPSA) is 47.0 Å². The SMILES string of the molecule is COC(C)CNc1cc(Cl)nc(C(C)(C)C)n1. The second kappa shape index (κ2) is 5.65. The van der Waals surface area contributed by atoms with Gasteiger partial charge in [-0.25, -0.2) is 9.97 Å². The fourth-order valence-corrected chi connectivity index (χ4v) is 1.36. The minimum absolute atomic E-state index is 0.117. The molecule has 1 aromatic rings. The molecule has 0 spiro atoms. The average Bonchev–Trinajstić information content (AvgIpc) is 2.24. The third-order valence-corrected chi connectivity index (χ3v) is 2.53. The van der Waals surface area contributed by atoms with Crippen LogP contribution in [0.15, 0.2) is 6.07 Å². The average molecular weight is 258 g/mol. The maximum absolute atomic E-state index is 5.98. The summed E-state index contributed by atoms with van der Waals surface area (Å²) in [5.41, 5.74) is -0.117. The van der Waals surface area contributed by atoms with E-state index < -0.39 is 0 Å². The summed E-state index contributed by atoms with van der Waals surface area (Å²) in [4.78, 5) is 8.68. The zero-order valence-electron chi connectivity index (χ0n) is 11.0. The van der Waals surface area contributed by atoms with Crippen LogP contribution in [0, 0.1) is 0 Å². The molecular weight excluding hydrogens is 238 g/mol. The van der Waals surface area contributed by atoms with Gasteiger partial charge in [-0.15, -0.1) is 0 Å². The van der Waals surface area contributed by atoms with E-state index in [4.69, 9.17) is 16.3 Å². The molecule has 1 N–H and O–H groups in total. The van der Waals surface area contributed by atoms with Crippen LogP contribution in [0.5, 0.6) is 0 Å². The van der Waals surface area contributed by atoms with Crippen LogP contribution in [0.3, 0.4) is 0 Å². The van der Waals surface area contributed by atoms with Gasteiger partial charge < -0.3 is 10.1 Å². The molecule has 1 atom stereocenters. The summed E-state index contributed by atoms with van der Waals surface area (Å²) < 4.78 is 5.16. The van der Waals surface area contributed by atoms with Gasteiger partial charge in [0, 0.05) is 25.1 Å². The van der Waals surface area contributed by atoms with E-state index in [0.29, 0.717) is 11.7 Å². The number of hydrogen-bond acceptors (Lipinski definition) is 4. The van der Waals surface area contributed by atoms with Crippen LogP contribution >= 0.6 is 11.6 Å². The third-order valence-electron chi connectivity index (χ3n) is 2.34. The maximum Gasteiger partial charge on any atom is 0.137 e. The smallest absolute Gasteiger partial charge is 0.137 e. The number of nitrogens with one attached hydrogen (secondary N) is 1. The fraction of sp³-hybridized carbons (Fsp3) is 0.667. The van der Waals surface area contributed by atoms with Gasteiger partial charge in [-0.2, -0.15) is 0 Å². The summed E-state index contributed by atoms with van der Waals surface area (Å²) in [5.74, 6) is 1.47. The summed E-state index contributed by atoms with van der Waals surface area (Å²) in [7, 11) is 1.68. The van der Waals surface area contributed by atoms with Gasteiger partial charge in [-0.05, 0) is 6.92 Å². The van der Waals surface area contributed by atoms with E-state index in [1.807, 2.05) is 6.92 Å². The normalized spacial score (nSPS) is 13.5. The van der Waals surface area contributed by atoms with Crippen molar-refractivity contribution in [3.05, 3.63) is 17.0 Å². The van der Waals surface area contributed by atoms with Crippen molar-refractivity contribution in [3.8, 4) is 0 Å². The van der Waals surface area contributed by atoms with Gasteiger partial charge in [-0.3, -0.25) is 0 Å². The van der Waals surface area contributed by atoms with E-state index in [1.54, 1.807) is 13.2 Å². The molecule has 0 bridgehead atoms. The van der Waals surface area contributed by atoms with E-state index in [9.17, 15) is 0 Å². The molecule has 17 heavy (non-hydrogen) atoms. The molecule has 0 amide bonds. The van der Waals surface area contributed by atoms with Crippen LogP contribution in [0.4, 0.5) is 5.82 Å². The zero-order valence-corrected chi connectivity index (χ0v) is 11.8. The molecule has 1 aromatic heterocycles. The zero-order chi connectivity index (χ0) is 13.1. The largest absolute Gasteiger partial charge is 0.380 e. The van der Waals surface area contributed by atoms with Gasteiger partial charge in [0.2, 0.25) is 0 Å². The molecule has 0 aliphatic heterocycles. The molecule has 5 heteroatoms. The Bertz CT molecular complexity index is 377. The molecule has 1 heterocycles. The highest BCUT2D eigenvalue weighted by Gasteiger charge is 2.18. The molecule has 0 aliphatic rings. The van der Waals surface area contributed by atoms with Crippen molar-refractivity contribution in [1.29, 1.82) is 0 Å². The number of halogens is 1. The Kier molecular flexibility index (Phi) is 4.71. The van der Waals surface area contributed by atoms with Crippen LogP contribution in [-0.2, 0) is 10.2 Å². The van der Waals surface area contributed by atoms with E-state index >= 15 is 0 Å². The summed E-state index contributed by atoms with van der Waals surface area (Å²) in [6, 6.07) is 1.72. The molecule has 0 fully saturated rings.